The van der Waals surface area contributed by atoms with Gasteiger partial charge in [-0.3, -0.25) is 4.79 Å². The second kappa shape index (κ2) is 7.92. The largest absolute Gasteiger partial charge is 0.490 e. The molecule has 0 atom stereocenters. The van der Waals surface area contributed by atoms with Crippen LogP contribution in [0.25, 0.3) is 0 Å². The molecule has 0 unspecified atom stereocenters. The molecule has 3 rings (SSSR count). The lowest BCUT2D eigenvalue weighted by molar-refractivity contribution is -0.113. The maximum Gasteiger partial charge on any atom is 0.234 e. The van der Waals surface area contributed by atoms with Crippen LogP contribution in [0.4, 0.5) is 5.69 Å². The van der Waals surface area contributed by atoms with Gasteiger partial charge in [-0.1, -0.05) is 0 Å². The fourth-order valence-electron chi connectivity index (χ4n) is 2.11. The van der Waals surface area contributed by atoms with Crippen LogP contribution in [0.5, 0.6) is 11.5 Å². The first-order valence-corrected chi connectivity index (χ1v) is 9.35. The van der Waals surface area contributed by atoms with Gasteiger partial charge in [0.25, 0.3) is 0 Å². The number of anilines is 1. The Kier molecular flexibility index (Phi) is 5.66. The molecule has 2 aromatic carbocycles. The number of halogens is 1. The molecule has 0 aromatic heterocycles. The zero-order chi connectivity index (χ0) is 16.1. The number of benzene rings is 2. The Balaban J connectivity index is 1.56. The Hall–Kier alpha value is -1.41. The standard InChI is InChI=1S/C17H16INO3S/c18-12-2-4-13(5-3-12)19-17(20)11-23-14-6-7-15-16(10-14)22-9-1-8-21-15/h2-7,10H,1,8-9,11H2,(H,19,20). The molecule has 120 valence electrons. The van der Waals surface area contributed by atoms with E-state index in [0.717, 1.165) is 32.1 Å². The SMILES string of the molecule is O=C(CSc1ccc2c(c1)OCCCO2)Nc1ccc(I)cc1. The van der Waals surface area contributed by atoms with Crippen LogP contribution in [0.15, 0.2) is 47.4 Å². The lowest BCUT2D eigenvalue weighted by Gasteiger charge is -2.09. The van der Waals surface area contributed by atoms with Crippen molar-refractivity contribution in [1.29, 1.82) is 0 Å². The summed E-state index contributed by atoms with van der Waals surface area (Å²) in [5.41, 5.74) is 0.815. The fraction of sp³-hybridized carbons (Fsp3) is 0.235. The highest BCUT2D eigenvalue weighted by molar-refractivity contribution is 14.1. The number of hydrogen-bond donors (Lipinski definition) is 1. The van der Waals surface area contributed by atoms with E-state index in [0.29, 0.717) is 19.0 Å². The minimum Gasteiger partial charge on any atom is -0.490 e. The number of rotatable bonds is 4. The molecule has 1 heterocycles. The molecule has 1 aliphatic heterocycles. The lowest BCUT2D eigenvalue weighted by Crippen LogP contribution is -2.13. The molecule has 0 bridgehead atoms. The molecule has 0 aliphatic carbocycles. The maximum absolute atomic E-state index is 12.0. The summed E-state index contributed by atoms with van der Waals surface area (Å²) < 4.78 is 12.4. The molecule has 1 aliphatic rings. The Morgan fingerprint density at radius 2 is 1.83 bits per heavy atom. The second-order valence-corrected chi connectivity index (χ2v) is 7.30. The monoisotopic (exact) mass is 441 g/mol. The molecular weight excluding hydrogens is 425 g/mol. The zero-order valence-electron chi connectivity index (χ0n) is 12.4. The van der Waals surface area contributed by atoms with E-state index in [1.54, 1.807) is 0 Å². The predicted molar refractivity (Wildman–Crippen MR) is 101 cm³/mol. The van der Waals surface area contributed by atoms with Gasteiger partial charge in [-0.25, -0.2) is 0 Å². The van der Waals surface area contributed by atoms with E-state index >= 15 is 0 Å². The number of hydrogen-bond acceptors (Lipinski definition) is 4. The molecular formula is C17H16INO3S. The minimum absolute atomic E-state index is 0.0247. The van der Waals surface area contributed by atoms with Crippen LogP contribution in [-0.2, 0) is 4.79 Å². The molecule has 1 N–H and O–H groups in total. The van der Waals surface area contributed by atoms with Crippen molar-refractivity contribution >= 4 is 45.9 Å². The Morgan fingerprint density at radius 1 is 1.09 bits per heavy atom. The average Bonchev–Trinajstić information content (AvgIpc) is 2.80. The van der Waals surface area contributed by atoms with Crippen LogP contribution >= 0.6 is 34.4 Å². The van der Waals surface area contributed by atoms with Crippen molar-refractivity contribution in [3.05, 3.63) is 46.0 Å². The van der Waals surface area contributed by atoms with E-state index in [4.69, 9.17) is 9.47 Å². The predicted octanol–water partition coefficient (Wildman–Crippen LogP) is 4.18. The Morgan fingerprint density at radius 3 is 2.61 bits per heavy atom. The zero-order valence-corrected chi connectivity index (χ0v) is 15.4. The van der Waals surface area contributed by atoms with Gasteiger partial charge in [0.15, 0.2) is 11.5 Å². The quantitative estimate of drug-likeness (QED) is 0.572. The van der Waals surface area contributed by atoms with Crippen LogP contribution in [0.1, 0.15) is 6.42 Å². The van der Waals surface area contributed by atoms with Gasteiger partial charge in [-0.15, -0.1) is 11.8 Å². The summed E-state index contributed by atoms with van der Waals surface area (Å²) in [5, 5.41) is 2.89. The summed E-state index contributed by atoms with van der Waals surface area (Å²) in [5.74, 6) is 1.86. The van der Waals surface area contributed by atoms with Crippen molar-refractivity contribution in [2.24, 2.45) is 0 Å². The topological polar surface area (TPSA) is 47.6 Å². The first kappa shape index (κ1) is 16.4. The molecule has 0 saturated heterocycles. The second-order valence-electron chi connectivity index (χ2n) is 5.00. The van der Waals surface area contributed by atoms with Gasteiger partial charge in [-0.2, -0.15) is 0 Å². The van der Waals surface area contributed by atoms with Crippen molar-refractivity contribution in [2.75, 3.05) is 24.3 Å². The van der Waals surface area contributed by atoms with E-state index in [2.05, 4.69) is 27.9 Å². The number of nitrogens with one attached hydrogen (secondary N) is 1. The average molecular weight is 441 g/mol. The van der Waals surface area contributed by atoms with Crippen LogP contribution in [0, 0.1) is 3.57 Å². The summed E-state index contributed by atoms with van der Waals surface area (Å²) in [6.07, 6.45) is 0.884. The van der Waals surface area contributed by atoms with Gasteiger partial charge in [0.1, 0.15) is 0 Å². The van der Waals surface area contributed by atoms with Crippen LogP contribution < -0.4 is 14.8 Å². The molecule has 23 heavy (non-hydrogen) atoms. The number of thioether (sulfide) groups is 1. The van der Waals surface area contributed by atoms with Crippen molar-refractivity contribution in [2.45, 2.75) is 11.3 Å². The van der Waals surface area contributed by atoms with E-state index in [1.807, 2.05) is 42.5 Å². The van der Waals surface area contributed by atoms with Crippen molar-refractivity contribution in [3.63, 3.8) is 0 Å². The van der Waals surface area contributed by atoms with Gasteiger partial charge in [0, 0.05) is 20.6 Å². The summed E-state index contributed by atoms with van der Waals surface area (Å²) in [7, 11) is 0. The molecule has 0 fully saturated rings. The summed E-state index contributed by atoms with van der Waals surface area (Å²) in [6, 6.07) is 13.5. The summed E-state index contributed by atoms with van der Waals surface area (Å²) >= 11 is 3.72. The van der Waals surface area contributed by atoms with E-state index in [-0.39, 0.29) is 5.91 Å². The summed E-state index contributed by atoms with van der Waals surface area (Å²) in [4.78, 5) is 13.0. The normalized spacial score (nSPS) is 13.3. The number of carbonyl (C=O) groups excluding carboxylic acids is 1. The molecule has 2 aromatic rings. The molecule has 0 saturated carbocycles. The smallest absolute Gasteiger partial charge is 0.234 e. The van der Waals surface area contributed by atoms with Gasteiger partial charge >= 0.3 is 0 Å². The lowest BCUT2D eigenvalue weighted by atomic mass is 10.3. The fourth-order valence-corrected chi connectivity index (χ4v) is 3.20. The third-order valence-corrected chi connectivity index (χ3v) is 4.93. The molecule has 0 radical (unpaired) electrons. The number of fused-ring (bicyclic) bond motifs is 1. The van der Waals surface area contributed by atoms with Crippen molar-refractivity contribution in [3.8, 4) is 11.5 Å². The Bertz CT molecular complexity index is 691. The van der Waals surface area contributed by atoms with Crippen molar-refractivity contribution < 1.29 is 14.3 Å². The number of carbonyl (C=O) groups is 1. The first-order chi connectivity index (χ1) is 11.2. The molecule has 0 spiro atoms. The molecule has 1 amide bonds. The van der Waals surface area contributed by atoms with E-state index < -0.39 is 0 Å². The van der Waals surface area contributed by atoms with Crippen LogP contribution in [0.2, 0.25) is 0 Å². The molecule has 6 heteroatoms. The van der Waals surface area contributed by atoms with Gasteiger partial charge in [-0.05, 0) is 65.1 Å². The highest BCUT2D eigenvalue weighted by Gasteiger charge is 2.11. The minimum atomic E-state index is -0.0247. The highest BCUT2D eigenvalue weighted by Crippen LogP contribution is 2.33. The van der Waals surface area contributed by atoms with Crippen molar-refractivity contribution in [1.82, 2.24) is 0 Å². The van der Waals surface area contributed by atoms with E-state index in [9.17, 15) is 4.79 Å². The van der Waals surface area contributed by atoms with Crippen LogP contribution in [-0.4, -0.2) is 24.9 Å². The van der Waals surface area contributed by atoms with E-state index in [1.165, 1.54) is 11.8 Å². The van der Waals surface area contributed by atoms with Gasteiger partial charge in [0.05, 0.1) is 19.0 Å². The summed E-state index contributed by atoms with van der Waals surface area (Å²) in [6.45, 7) is 1.34. The third kappa shape index (κ3) is 4.78. The molecule has 4 nitrogen and oxygen atoms in total. The van der Waals surface area contributed by atoms with Crippen LogP contribution in [0.3, 0.4) is 0 Å². The van der Waals surface area contributed by atoms with Gasteiger partial charge in [0.2, 0.25) is 5.91 Å². The third-order valence-electron chi connectivity index (χ3n) is 3.22. The Labute approximate surface area is 153 Å². The first-order valence-electron chi connectivity index (χ1n) is 7.28. The van der Waals surface area contributed by atoms with Gasteiger partial charge < -0.3 is 14.8 Å². The number of ether oxygens (including phenoxy) is 2. The highest BCUT2D eigenvalue weighted by atomic mass is 127. The number of amides is 1. The maximum atomic E-state index is 12.0.